The van der Waals surface area contributed by atoms with Gasteiger partial charge in [0.1, 0.15) is 0 Å². The van der Waals surface area contributed by atoms with Crippen LogP contribution in [-0.2, 0) is 9.59 Å². The minimum absolute atomic E-state index is 0.00856. The second kappa shape index (κ2) is 3.30. The molecule has 0 aliphatic heterocycles. The summed E-state index contributed by atoms with van der Waals surface area (Å²) < 4.78 is 0. The predicted molar refractivity (Wildman–Crippen MR) is 43.7 cm³/mol. The van der Waals surface area contributed by atoms with E-state index in [2.05, 4.69) is 0 Å². The van der Waals surface area contributed by atoms with Crippen molar-refractivity contribution in [1.29, 1.82) is 0 Å². The average Bonchev–Trinajstić information content (AvgIpc) is 2.03. The van der Waals surface area contributed by atoms with E-state index in [4.69, 9.17) is 15.9 Å². The van der Waals surface area contributed by atoms with Crippen molar-refractivity contribution in [2.75, 3.05) is 0 Å². The van der Waals surface area contributed by atoms with Crippen LogP contribution in [0.5, 0.6) is 0 Å². The van der Waals surface area contributed by atoms with Crippen molar-refractivity contribution in [1.82, 2.24) is 0 Å². The van der Waals surface area contributed by atoms with Gasteiger partial charge in [0.05, 0.1) is 5.92 Å². The third-order valence-corrected chi connectivity index (χ3v) is 1.77. The molecule has 5 nitrogen and oxygen atoms in total. The molecule has 0 spiro atoms. The predicted octanol–water partition coefficient (Wildman–Crippen LogP) is -0.0555. The van der Waals surface area contributed by atoms with Gasteiger partial charge < -0.3 is 15.9 Å². The van der Waals surface area contributed by atoms with Crippen molar-refractivity contribution in [3.63, 3.8) is 0 Å². The topological polar surface area (TPSA) is 101 Å². The zero-order valence-corrected chi connectivity index (χ0v) is 6.73. The summed E-state index contributed by atoms with van der Waals surface area (Å²) in [5.74, 6) is -3.01. The lowest BCUT2D eigenvalue weighted by atomic mass is 9.93. The summed E-state index contributed by atoms with van der Waals surface area (Å²) in [7, 11) is 0. The van der Waals surface area contributed by atoms with Gasteiger partial charge in [-0.2, -0.15) is 0 Å². The van der Waals surface area contributed by atoms with Gasteiger partial charge in [-0.25, -0.2) is 4.79 Å². The van der Waals surface area contributed by atoms with E-state index < -0.39 is 17.9 Å². The normalized spacial score (nSPS) is 21.7. The number of rotatable bonds is 2. The fourth-order valence-corrected chi connectivity index (χ4v) is 1.14. The highest BCUT2D eigenvalue weighted by atomic mass is 16.4. The Morgan fingerprint density at radius 3 is 2.54 bits per heavy atom. The highest BCUT2D eigenvalue weighted by molar-refractivity contribution is 5.89. The Kier molecular flexibility index (Phi) is 2.36. The van der Waals surface area contributed by atoms with E-state index in [0.29, 0.717) is 0 Å². The zero-order chi connectivity index (χ0) is 10.0. The first-order chi connectivity index (χ1) is 6.00. The Hall–Kier alpha value is -1.78. The highest BCUT2D eigenvalue weighted by Gasteiger charge is 2.23. The van der Waals surface area contributed by atoms with E-state index in [1.54, 1.807) is 0 Å². The molecule has 0 amide bonds. The molecule has 70 valence electrons. The number of carboxylic acid groups (broad SMARTS) is 2. The summed E-state index contributed by atoms with van der Waals surface area (Å²) in [5, 5.41) is 17.2. The molecule has 0 heterocycles. The molecule has 13 heavy (non-hydrogen) atoms. The number of nitrogens with two attached hydrogens (primary N) is 1. The fourth-order valence-electron chi connectivity index (χ4n) is 1.14. The summed E-state index contributed by atoms with van der Waals surface area (Å²) in [6, 6.07) is 0. The third kappa shape index (κ3) is 2.08. The summed E-state index contributed by atoms with van der Waals surface area (Å²) in [4.78, 5) is 21.1. The quantitative estimate of drug-likeness (QED) is 0.557. The summed E-state index contributed by atoms with van der Waals surface area (Å²) in [5.41, 5.74) is 5.57. The third-order valence-electron chi connectivity index (χ3n) is 1.77. The lowest BCUT2D eigenvalue weighted by Crippen LogP contribution is -2.20. The molecule has 4 N–H and O–H groups in total. The van der Waals surface area contributed by atoms with E-state index >= 15 is 0 Å². The van der Waals surface area contributed by atoms with Crippen LogP contribution >= 0.6 is 0 Å². The molecule has 0 radical (unpaired) electrons. The van der Waals surface area contributed by atoms with Crippen LogP contribution in [0.15, 0.2) is 23.4 Å². The molecule has 0 saturated carbocycles. The summed E-state index contributed by atoms with van der Waals surface area (Å²) >= 11 is 0. The largest absolute Gasteiger partial charge is 0.481 e. The van der Waals surface area contributed by atoms with Crippen molar-refractivity contribution in [3.05, 3.63) is 23.4 Å². The Bertz CT molecular complexity index is 316. The maximum Gasteiger partial charge on any atom is 0.331 e. The monoisotopic (exact) mass is 183 g/mol. The van der Waals surface area contributed by atoms with Crippen LogP contribution in [0, 0.1) is 5.92 Å². The molecule has 0 aromatic rings. The molecular formula is C8H9NO4. The average molecular weight is 183 g/mol. The van der Waals surface area contributed by atoms with Gasteiger partial charge in [-0.3, -0.25) is 4.79 Å². The molecule has 0 aromatic heterocycles. The standard InChI is InChI=1S/C8H9NO4/c9-6-2-4(7(10)11)1-5(3-6)8(12)13/h2-4H,1,9H2,(H,10,11)(H,12,13). The van der Waals surface area contributed by atoms with Crippen LogP contribution in [0.25, 0.3) is 0 Å². The van der Waals surface area contributed by atoms with Gasteiger partial charge in [0.25, 0.3) is 0 Å². The maximum absolute atomic E-state index is 10.5. The molecule has 0 saturated heterocycles. The van der Waals surface area contributed by atoms with Crippen LogP contribution in [0.4, 0.5) is 0 Å². The van der Waals surface area contributed by atoms with Gasteiger partial charge in [0.2, 0.25) is 0 Å². The van der Waals surface area contributed by atoms with E-state index in [9.17, 15) is 9.59 Å². The second-order valence-electron chi connectivity index (χ2n) is 2.79. The molecule has 1 atom stereocenters. The van der Waals surface area contributed by atoms with Crippen molar-refractivity contribution in [2.45, 2.75) is 6.42 Å². The smallest absolute Gasteiger partial charge is 0.331 e. The summed E-state index contributed by atoms with van der Waals surface area (Å²) in [6.07, 6.45) is 2.61. The minimum atomic E-state index is -1.12. The van der Waals surface area contributed by atoms with Gasteiger partial charge in [-0.05, 0) is 18.6 Å². The van der Waals surface area contributed by atoms with E-state index in [0.717, 1.165) is 0 Å². The first-order valence-electron chi connectivity index (χ1n) is 3.64. The summed E-state index contributed by atoms with van der Waals surface area (Å²) in [6.45, 7) is 0. The van der Waals surface area contributed by atoms with Crippen LogP contribution in [0.2, 0.25) is 0 Å². The molecule has 0 aromatic carbocycles. The minimum Gasteiger partial charge on any atom is -0.481 e. The molecule has 1 rings (SSSR count). The van der Waals surface area contributed by atoms with Gasteiger partial charge >= 0.3 is 11.9 Å². The van der Waals surface area contributed by atoms with Gasteiger partial charge in [-0.1, -0.05) is 0 Å². The number of aliphatic carboxylic acids is 2. The number of allylic oxidation sites excluding steroid dienone is 1. The van der Waals surface area contributed by atoms with Crippen molar-refractivity contribution < 1.29 is 19.8 Å². The van der Waals surface area contributed by atoms with Crippen LogP contribution in [0.1, 0.15) is 6.42 Å². The van der Waals surface area contributed by atoms with Gasteiger partial charge in [-0.15, -0.1) is 0 Å². The van der Waals surface area contributed by atoms with Crippen LogP contribution in [0.3, 0.4) is 0 Å². The highest BCUT2D eigenvalue weighted by Crippen LogP contribution is 2.20. The fraction of sp³-hybridized carbons (Fsp3) is 0.250. The Labute approximate surface area is 74.2 Å². The van der Waals surface area contributed by atoms with Gasteiger partial charge in [0.15, 0.2) is 0 Å². The first kappa shape index (κ1) is 9.31. The molecule has 0 fully saturated rings. The van der Waals surface area contributed by atoms with E-state index in [1.807, 2.05) is 0 Å². The van der Waals surface area contributed by atoms with Crippen molar-refractivity contribution in [2.24, 2.45) is 11.7 Å². The second-order valence-corrected chi connectivity index (χ2v) is 2.79. The van der Waals surface area contributed by atoms with Crippen LogP contribution < -0.4 is 5.73 Å². The molecule has 1 aliphatic rings. The van der Waals surface area contributed by atoms with Crippen LogP contribution in [-0.4, -0.2) is 22.2 Å². The number of carbonyl (C=O) groups is 2. The molecule has 5 heteroatoms. The van der Waals surface area contributed by atoms with E-state index in [-0.39, 0.29) is 17.7 Å². The Morgan fingerprint density at radius 1 is 1.46 bits per heavy atom. The number of carboxylic acids is 2. The lowest BCUT2D eigenvalue weighted by molar-refractivity contribution is -0.140. The first-order valence-corrected chi connectivity index (χ1v) is 3.64. The Morgan fingerprint density at radius 2 is 2.08 bits per heavy atom. The number of hydrogen-bond acceptors (Lipinski definition) is 3. The Balaban J connectivity index is 2.90. The maximum atomic E-state index is 10.5. The molecule has 0 bridgehead atoms. The molecular weight excluding hydrogens is 174 g/mol. The SMILES string of the molecule is NC1=CC(C(=O)O)CC(C(=O)O)=C1. The van der Waals surface area contributed by atoms with Crippen molar-refractivity contribution in [3.8, 4) is 0 Å². The number of hydrogen-bond donors (Lipinski definition) is 3. The molecule has 1 unspecified atom stereocenters. The molecule has 1 aliphatic carbocycles. The van der Waals surface area contributed by atoms with Crippen molar-refractivity contribution >= 4 is 11.9 Å². The van der Waals surface area contributed by atoms with Gasteiger partial charge in [0, 0.05) is 11.3 Å². The van der Waals surface area contributed by atoms with E-state index in [1.165, 1.54) is 12.2 Å². The lowest BCUT2D eigenvalue weighted by Gasteiger charge is -2.13. The zero-order valence-electron chi connectivity index (χ0n) is 6.73.